The Morgan fingerprint density at radius 3 is 2.48 bits per heavy atom. The van der Waals surface area contributed by atoms with E-state index in [1.165, 1.54) is 5.56 Å². The van der Waals surface area contributed by atoms with Crippen molar-refractivity contribution in [3.63, 3.8) is 0 Å². The summed E-state index contributed by atoms with van der Waals surface area (Å²) in [6.45, 7) is 6.46. The molecule has 6 nitrogen and oxygen atoms in total. The molecule has 0 bridgehead atoms. The first kappa shape index (κ1) is 24.7. The highest BCUT2D eigenvalue weighted by Gasteiger charge is 2.06. The molecule has 31 heavy (non-hydrogen) atoms. The molecular weight excluding hydrogens is 501 g/mol. The highest BCUT2D eigenvalue weighted by atomic mass is 127. The molecule has 1 aromatic heterocycles. The van der Waals surface area contributed by atoms with E-state index in [1.54, 1.807) is 7.11 Å². The summed E-state index contributed by atoms with van der Waals surface area (Å²) in [5.74, 6) is 1.70. The number of benzene rings is 2. The molecule has 0 amide bonds. The number of halogens is 1. The zero-order chi connectivity index (χ0) is 21.2. The molecule has 0 aliphatic heterocycles. The summed E-state index contributed by atoms with van der Waals surface area (Å²) in [5, 5.41) is 11.4. The van der Waals surface area contributed by atoms with E-state index < -0.39 is 0 Å². The summed E-state index contributed by atoms with van der Waals surface area (Å²) in [7, 11) is 1.68. The summed E-state index contributed by atoms with van der Waals surface area (Å²) >= 11 is 0. The van der Waals surface area contributed by atoms with E-state index >= 15 is 0 Å². The fourth-order valence-electron chi connectivity index (χ4n) is 3.18. The van der Waals surface area contributed by atoms with Crippen molar-refractivity contribution in [3.05, 3.63) is 77.6 Å². The van der Waals surface area contributed by atoms with E-state index in [0.29, 0.717) is 6.54 Å². The molecule has 0 spiro atoms. The van der Waals surface area contributed by atoms with Gasteiger partial charge in [0.05, 0.1) is 25.0 Å². The van der Waals surface area contributed by atoms with Crippen LogP contribution in [-0.4, -0.2) is 35.9 Å². The first-order chi connectivity index (χ1) is 14.7. The Labute approximate surface area is 202 Å². The third-order valence-electron chi connectivity index (χ3n) is 4.86. The number of methoxy groups -OCH3 is 1. The smallest absolute Gasteiger partial charge is 0.191 e. The molecule has 0 unspecified atom stereocenters. The Kier molecular flexibility index (Phi) is 10.4. The van der Waals surface area contributed by atoms with Crippen LogP contribution in [0.1, 0.15) is 30.2 Å². The third-order valence-corrected chi connectivity index (χ3v) is 4.86. The van der Waals surface area contributed by atoms with Crippen LogP contribution in [0.25, 0.3) is 5.69 Å². The molecule has 2 aromatic carbocycles. The zero-order valence-corrected chi connectivity index (χ0v) is 20.8. The number of rotatable bonds is 9. The number of hydrogen-bond acceptors (Lipinski definition) is 3. The molecule has 3 rings (SSSR count). The molecule has 0 saturated heterocycles. The van der Waals surface area contributed by atoms with E-state index in [0.717, 1.165) is 54.6 Å². The Morgan fingerprint density at radius 2 is 1.81 bits per heavy atom. The van der Waals surface area contributed by atoms with Crippen molar-refractivity contribution in [2.45, 2.75) is 33.2 Å². The monoisotopic (exact) mass is 533 g/mol. The van der Waals surface area contributed by atoms with Crippen LogP contribution in [0.4, 0.5) is 0 Å². The average molecular weight is 533 g/mol. The molecule has 2 N–H and O–H groups in total. The molecular formula is C24H32IN5O. The van der Waals surface area contributed by atoms with E-state index in [1.807, 2.05) is 47.1 Å². The maximum atomic E-state index is 5.20. The number of hydrogen-bond donors (Lipinski definition) is 2. The van der Waals surface area contributed by atoms with Crippen LogP contribution in [-0.2, 0) is 13.0 Å². The molecule has 0 radical (unpaired) electrons. The second-order valence-electron chi connectivity index (χ2n) is 7.09. The van der Waals surface area contributed by atoms with Gasteiger partial charge in [-0.2, -0.15) is 5.10 Å². The predicted molar refractivity (Wildman–Crippen MR) is 138 cm³/mol. The highest BCUT2D eigenvalue weighted by molar-refractivity contribution is 14.0. The molecule has 0 atom stereocenters. The lowest BCUT2D eigenvalue weighted by atomic mass is 10.1. The van der Waals surface area contributed by atoms with Crippen LogP contribution in [0.2, 0.25) is 0 Å². The minimum absolute atomic E-state index is 0. The lowest BCUT2D eigenvalue weighted by Crippen LogP contribution is -2.37. The third kappa shape index (κ3) is 7.57. The lowest BCUT2D eigenvalue weighted by molar-refractivity contribution is 0.414. The average Bonchev–Trinajstić information content (AvgIpc) is 3.16. The summed E-state index contributed by atoms with van der Waals surface area (Å²) in [4.78, 5) is 4.68. The van der Waals surface area contributed by atoms with E-state index in [-0.39, 0.29) is 24.0 Å². The van der Waals surface area contributed by atoms with Gasteiger partial charge in [0, 0.05) is 19.3 Å². The molecule has 0 fully saturated rings. The van der Waals surface area contributed by atoms with E-state index in [2.05, 4.69) is 52.9 Å². The van der Waals surface area contributed by atoms with Crippen LogP contribution in [0.15, 0.2) is 65.8 Å². The quantitative estimate of drug-likeness (QED) is 0.184. The first-order valence-electron chi connectivity index (χ1n) is 10.4. The Hall–Kier alpha value is -2.55. The maximum Gasteiger partial charge on any atom is 0.191 e. The van der Waals surface area contributed by atoms with Gasteiger partial charge in [0.2, 0.25) is 0 Å². The number of guanidine groups is 1. The lowest BCUT2D eigenvalue weighted by Gasteiger charge is -2.11. The molecule has 3 aromatic rings. The van der Waals surface area contributed by atoms with Gasteiger partial charge >= 0.3 is 0 Å². The van der Waals surface area contributed by atoms with E-state index in [9.17, 15) is 0 Å². The fraction of sp³-hybridized carbons (Fsp3) is 0.333. The summed E-state index contributed by atoms with van der Waals surface area (Å²) < 4.78 is 7.16. The highest BCUT2D eigenvalue weighted by Crippen LogP contribution is 2.13. The van der Waals surface area contributed by atoms with Crippen LogP contribution >= 0.6 is 24.0 Å². The topological polar surface area (TPSA) is 63.5 Å². The second-order valence-corrected chi connectivity index (χ2v) is 7.09. The zero-order valence-electron chi connectivity index (χ0n) is 18.5. The minimum Gasteiger partial charge on any atom is -0.497 e. The summed E-state index contributed by atoms with van der Waals surface area (Å²) in [6, 6.07) is 18.2. The number of aryl methyl sites for hydroxylation is 2. The predicted octanol–water partition coefficient (Wildman–Crippen LogP) is 4.50. The van der Waals surface area contributed by atoms with Crippen molar-refractivity contribution in [2.24, 2.45) is 4.99 Å². The first-order valence-corrected chi connectivity index (χ1v) is 10.4. The number of para-hydroxylation sites is 1. The van der Waals surface area contributed by atoms with Crippen molar-refractivity contribution in [1.29, 1.82) is 0 Å². The molecule has 1 heterocycles. The van der Waals surface area contributed by atoms with Gasteiger partial charge in [-0.25, -0.2) is 9.67 Å². The van der Waals surface area contributed by atoms with Gasteiger partial charge in [0.1, 0.15) is 5.75 Å². The van der Waals surface area contributed by atoms with Crippen LogP contribution in [0.3, 0.4) is 0 Å². The van der Waals surface area contributed by atoms with Crippen molar-refractivity contribution < 1.29 is 4.74 Å². The molecule has 0 aliphatic rings. The number of ether oxygens (including phenoxy) is 1. The largest absolute Gasteiger partial charge is 0.497 e. The minimum atomic E-state index is 0. The second kappa shape index (κ2) is 13.0. The summed E-state index contributed by atoms with van der Waals surface area (Å²) in [5.41, 5.74) is 4.60. The van der Waals surface area contributed by atoms with Crippen molar-refractivity contribution in [2.75, 3.05) is 20.2 Å². The Balaban J connectivity index is 0.00000341. The number of nitrogens with one attached hydrogen (secondary N) is 2. The van der Waals surface area contributed by atoms with Crippen molar-refractivity contribution in [3.8, 4) is 11.4 Å². The molecule has 7 heteroatoms. The number of aliphatic imine (C=N–C) groups is 1. The summed E-state index contributed by atoms with van der Waals surface area (Å²) in [6.07, 6.45) is 4.12. The fourth-order valence-corrected chi connectivity index (χ4v) is 3.18. The van der Waals surface area contributed by atoms with Gasteiger partial charge < -0.3 is 15.4 Å². The van der Waals surface area contributed by atoms with Gasteiger partial charge in [-0.3, -0.25) is 0 Å². The number of nitrogens with zero attached hydrogens (tertiary/aromatic N) is 3. The molecule has 166 valence electrons. The molecule has 0 aliphatic carbocycles. The van der Waals surface area contributed by atoms with Crippen molar-refractivity contribution >= 4 is 29.9 Å². The van der Waals surface area contributed by atoms with Crippen LogP contribution in [0, 0.1) is 6.92 Å². The van der Waals surface area contributed by atoms with Crippen LogP contribution < -0.4 is 15.4 Å². The van der Waals surface area contributed by atoms with Crippen LogP contribution in [0.5, 0.6) is 5.75 Å². The van der Waals surface area contributed by atoms with Crippen molar-refractivity contribution in [1.82, 2.24) is 20.4 Å². The maximum absolute atomic E-state index is 5.20. The normalized spacial score (nSPS) is 11.0. The van der Waals surface area contributed by atoms with Gasteiger partial charge in [-0.1, -0.05) is 30.3 Å². The van der Waals surface area contributed by atoms with Gasteiger partial charge in [-0.15, -0.1) is 24.0 Å². The number of aromatic nitrogens is 2. The van der Waals surface area contributed by atoms with Gasteiger partial charge in [0.25, 0.3) is 0 Å². The standard InChI is InChI=1S/C24H31N5O.HI/c1-4-25-24(27-17-20-12-14-23(30-3)15-13-20)26-16-8-9-21-18-29(28-19(21)2)22-10-6-5-7-11-22;/h5-7,10-15,18H,4,8-9,16-17H2,1-3H3,(H2,25,26,27);1H. The van der Waals surface area contributed by atoms with Gasteiger partial charge in [-0.05, 0) is 62.1 Å². The SMILES string of the molecule is CCNC(=NCc1ccc(OC)cc1)NCCCc1cn(-c2ccccc2)nc1C.I. The Bertz CT molecular complexity index is 938. The van der Waals surface area contributed by atoms with E-state index in [4.69, 9.17) is 4.74 Å². The van der Waals surface area contributed by atoms with Gasteiger partial charge in [0.15, 0.2) is 5.96 Å². The Morgan fingerprint density at radius 1 is 1.06 bits per heavy atom. The molecule has 0 saturated carbocycles.